The minimum atomic E-state index is -0.824. The average molecular weight is 336 g/mol. The number of carbonyl (C=O) groups excluding carboxylic acids is 1. The number of hydrogen-bond donors (Lipinski definition) is 2. The van der Waals surface area contributed by atoms with Gasteiger partial charge in [0.25, 0.3) is 5.91 Å². The molecule has 1 aliphatic carbocycles. The Hall–Kier alpha value is -2.28. The Bertz CT molecular complexity index is 572. The van der Waals surface area contributed by atoms with Crippen LogP contribution in [-0.2, 0) is 9.59 Å². The largest absolute Gasteiger partial charge is 0.493 e. The normalized spacial score (nSPS) is 19.5. The highest BCUT2D eigenvalue weighted by Crippen LogP contribution is 2.27. The van der Waals surface area contributed by atoms with Crippen LogP contribution in [0.15, 0.2) is 24.3 Å². The van der Waals surface area contributed by atoms with Gasteiger partial charge in [0.05, 0.1) is 13.7 Å². The summed E-state index contributed by atoms with van der Waals surface area (Å²) in [7, 11) is 1.55. The van der Waals surface area contributed by atoms with Crippen LogP contribution in [0.3, 0.4) is 0 Å². The van der Waals surface area contributed by atoms with Crippen molar-refractivity contribution in [2.24, 2.45) is 0 Å². The number of ether oxygens (including phenoxy) is 2. The smallest absolute Gasteiger partial charge is 0.317 e. The van der Waals surface area contributed by atoms with E-state index in [1.54, 1.807) is 19.2 Å². The van der Waals surface area contributed by atoms with Gasteiger partial charge in [-0.05, 0) is 31.5 Å². The molecule has 0 aromatic heterocycles. The first-order valence-electron chi connectivity index (χ1n) is 8.04. The monoisotopic (exact) mass is 336 g/mol. The van der Waals surface area contributed by atoms with Gasteiger partial charge in [0.15, 0.2) is 18.1 Å². The molecular weight excluding hydrogens is 312 g/mol. The number of carbonyl (C=O) groups is 2. The standard InChI is InChI=1S/C17H24N2O5/c1-3-19(10-17(21)22)13-8-12(9-13)18-16(20)11-24-15-7-5-4-6-14(15)23-2/h4-7,12-13H,3,8-11H2,1-2H3,(H,18,20)(H,21,22). The summed E-state index contributed by atoms with van der Waals surface area (Å²) in [5.74, 6) is 0.0988. The van der Waals surface area contributed by atoms with Crippen LogP contribution in [0, 0.1) is 0 Å². The molecule has 0 bridgehead atoms. The SMILES string of the molecule is CCN(CC(=O)O)C1CC(NC(=O)COc2ccccc2OC)C1. The third kappa shape index (κ3) is 4.86. The molecule has 132 valence electrons. The summed E-state index contributed by atoms with van der Waals surface area (Å²) in [6, 6.07) is 7.45. The summed E-state index contributed by atoms with van der Waals surface area (Å²) >= 11 is 0. The molecule has 0 saturated heterocycles. The van der Waals surface area contributed by atoms with Crippen molar-refractivity contribution in [3.8, 4) is 11.5 Å². The quantitative estimate of drug-likeness (QED) is 0.703. The van der Waals surface area contributed by atoms with Crippen molar-refractivity contribution in [2.75, 3.05) is 26.8 Å². The fourth-order valence-electron chi connectivity index (χ4n) is 2.83. The van der Waals surface area contributed by atoms with E-state index >= 15 is 0 Å². The number of aliphatic carboxylic acids is 1. The molecule has 0 spiro atoms. The Morgan fingerprint density at radius 3 is 2.54 bits per heavy atom. The maximum absolute atomic E-state index is 12.0. The van der Waals surface area contributed by atoms with Crippen molar-refractivity contribution in [1.82, 2.24) is 10.2 Å². The van der Waals surface area contributed by atoms with E-state index in [1.165, 1.54) is 0 Å². The van der Waals surface area contributed by atoms with Gasteiger partial charge in [0, 0.05) is 12.1 Å². The Balaban J connectivity index is 1.72. The van der Waals surface area contributed by atoms with Crippen LogP contribution in [-0.4, -0.2) is 60.8 Å². The summed E-state index contributed by atoms with van der Waals surface area (Å²) in [4.78, 5) is 24.7. The molecule has 0 aliphatic heterocycles. The molecule has 2 rings (SSSR count). The average Bonchev–Trinajstić information content (AvgIpc) is 2.54. The molecule has 2 N–H and O–H groups in total. The van der Waals surface area contributed by atoms with Crippen LogP contribution < -0.4 is 14.8 Å². The summed E-state index contributed by atoms with van der Waals surface area (Å²) in [5, 5.41) is 11.8. The molecule has 7 heteroatoms. The van der Waals surface area contributed by atoms with Crippen LogP contribution in [0.4, 0.5) is 0 Å². The van der Waals surface area contributed by atoms with Crippen molar-refractivity contribution < 1.29 is 24.2 Å². The highest BCUT2D eigenvalue weighted by Gasteiger charge is 2.34. The Morgan fingerprint density at radius 1 is 1.29 bits per heavy atom. The number of benzene rings is 1. The number of nitrogens with zero attached hydrogens (tertiary/aromatic N) is 1. The minimum absolute atomic E-state index is 0.0404. The first kappa shape index (κ1) is 18.1. The van der Waals surface area contributed by atoms with E-state index in [0.29, 0.717) is 18.0 Å². The fraction of sp³-hybridized carbons (Fsp3) is 0.529. The van der Waals surface area contributed by atoms with Gasteiger partial charge in [0.2, 0.25) is 0 Å². The summed E-state index contributed by atoms with van der Waals surface area (Å²) in [6.07, 6.45) is 1.53. The Labute approximate surface area is 141 Å². The Kier molecular flexibility index (Phi) is 6.43. The van der Waals surface area contributed by atoms with E-state index in [0.717, 1.165) is 12.8 Å². The van der Waals surface area contributed by atoms with Crippen LogP contribution in [0.5, 0.6) is 11.5 Å². The highest BCUT2D eigenvalue weighted by atomic mass is 16.5. The minimum Gasteiger partial charge on any atom is -0.493 e. The number of nitrogens with one attached hydrogen (secondary N) is 1. The number of amides is 1. The predicted molar refractivity (Wildman–Crippen MR) is 88.3 cm³/mol. The molecule has 0 radical (unpaired) electrons. The number of rotatable bonds is 9. The van der Waals surface area contributed by atoms with Crippen LogP contribution in [0.1, 0.15) is 19.8 Å². The third-order valence-corrected chi connectivity index (χ3v) is 4.17. The molecule has 1 aromatic rings. The van der Waals surface area contributed by atoms with E-state index in [4.69, 9.17) is 14.6 Å². The van der Waals surface area contributed by atoms with Gasteiger partial charge in [-0.25, -0.2) is 0 Å². The fourth-order valence-corrected chi connectivity index (χ4v) is 2.83. The van der Waals surface area contributed by atoms with Gasteiger partial charge in [0.1, 0.15) is 0 Å². The van der Waals surface area contributed by atoms with Crippen molar-refractivity contribution in [1.29, 1.82) is 0 Å². The van der Waals surface area contributed by atoms with Crippen molar-refractivity contribution in [2.45, 2.75) is 31.8 Å². The van der Waals surface area contributed by atoms with Crippen molar-refractivity contribution in [3.63, 3.8) is 0 Å². The second kappa shape index (κ2) is 8.54. The first-order chi connectivity index (χ1) is 11.5. The van der Waals surface area contributed by atoms with Crippen LogP contribution >= 0.6 is 0 Å². The number of methoxy groups -OCH3 is 1. The zero-order chi connectivity index (χ0) is 17.5. The maximum atomic E-state index is 12.0. The summed E-state index contributed by atoms with van der Waals surface area (Å²) in [5.41, 5.74) is 0. The van der Waals surface area contributed by atoms with Gasteiger partial charge in [-0.3, -0.25) is 14.5 Å². The molecule has 1 aromatic carbocycles. The molecular formula is C17H24N2O5. The molecule has 24 heavy (non-hydrogen) atoms. The lowest BCUT2D eigenvalue weighted by Gasteiger charge is -2.42. The van der Waals surface area contributed by atoms with Crippen molar-refractivity contribution in [3.05, 3.63) is 24.3 Å². The predicted octanol–water partition coefficient (Wildman–Crippen LogP) is 1.13. The van der Waals surface area contributed by atoms with Gasteiger partial charge in [-0.1, -0.05) is 19.1 Å². The van der Waals surface area contributed by atoms with Gasteiger partial charge >= 0.3 is 5.97 Å². The first-order valence-corrected chi connectivity index (χ1v) is 8.04. The highest BCUT2D eigenvalue weighted by molar-refractivity contribution is 5.78. The van der Waals surface area contributed by atoms with E-state index in [9.17, 15) is 9.59 Å². The maximum Gasteiger partial charge on any atom is 0.317 e. The number of para-hydroxylation sites is 2. The molecule has 1 aliphatic rings. The second-order valence-electron chi connectivity index (χ2n) is 5.79. The molecule has 7 nitrogen and oxygen atoms in total. The molecule has 1 amide bonds. The number of carboxylic acid groups (broad SMARTS) is 1. The van der Waals surface area contributed by atoms with Crippen molar-refractivity contribution >= 4 is 11.9 Å². The molecule has 1 fully saturated rings. The molecule has 0 unspecified atom stereocenters. The molecule has 0 heterocycles. The zero-order valence-corrected chi connectivity index (χ0v) is 14.0. The van der Waals surface area contributed by atoms with Gasteiger partial charge in [-0.2, -0.15) is 0 Å². The number of likely N-dealkylation sites (N-methyl/N-ethyl adjacent to an activating group) is 1. The van der Waals surface area contributed by atoms with E-state index in [-0.39, 0.29) is 31.1 Å². The lowest BCUT2D eigenvalue weighted by molar-refractivity contribution is -0.139. The lowest BCUT2D eigenvalue weighted by atomic mass is 9.85. The summed E-state index contributed by atoms with van der Waals surface area (Å²) in [6.45, 7) is 2.59. The molecule has 0 atom stereocenters. The van der Waals surface area contributed by atoms with E-state index in [2.05, 4.69) is 5.32 Å². The third-order valence-electron chi connectivity index (χ3n) is 4.17. The lowest BCUT2D eigenvalue weighted by Crippen LogP contribution is -2.55. The van der Waals surface area contributed by atoms with E-state index < -0.39 is 5.97 Å². The van der Waals surface area contributed by atoms with Gasteiger partial charge < -0.3 is 19.9 Å². The zero-order valence-electron chi connectivity index (χ0n) is 14.0. The van der Waals surface area contributed by atoms with E-state index in [1.807, 2.05) is 24.0 Å². The topological polar surface area (TPSA) is 88.1 Å². The van der Waals surface area contributed by atoms with Crippen LogP contribution in [0.25, 0.3) is 0 Å². The van der Waals surface area contributed by atoms with Gasteiger partial charge in [-0.15, -0.1) is 0 Å². The number of carboxylic acids is 1. The van der Waals surface area contributed by atoms with Crippen LogP contribution in [0.2, 0.25) is 0 Å². The summed E-state index contributed by atoms with van der Waals surface area (Å²) < 4.78 is 10.6. The number of hydrogen-bond acceptors (Lipinski definition) is 5. The molecule has 1 saturated carbocycles. The second-order valence-corrected chi connectivity index (χ2v) is 5.79. The Morgan fingerprint density at radius 2 is 1.96 bits per heavy atom.